The first-order valence-corrected chi connectivity index (χ1v) is 15.8. The summed E-state index contributed by atoms with van der Waals surface area (Å²) < 4.78 is 49.7. The third-order valence-corrected chi connectivity index (χ3v) is 9.45. The minimum Gasteiger partial charge on any atom is -0.462 e. The Balaban J connectivity index is 1.21. The molecule has 0 amide bonds. The molecule has 222 valence electrons. The van der Waals surface area contributed by atoms with Crippen molar-refractivity contribution in [2.45, 2.75) is 84.5 Å². The van der Waals surface area contributed by atoms with E-state index in [4.69, 9.17) is 4.74 Å². The van der Waals surface area contributed by atoms with E-state index >= 15 is 4.39 Å². The van der Waals surface area contributed by atoms with Crippen molar-refractivity contribution in [3.8, 4) is 28.0 Å². The van der Waals surface area contributed by atoms with Crippen molar-refractivity contribution in [2.24, 2.45) is 17.8 Å². The van der Waals surface area contributed by atoms with Gasteiger partial charge in [0.2, 0.25) is 5.82 Å². The second kappa shape index (κ2) is 14.3. The van der Waals surface area contributed by atoms with E-state index in [0.29, 0.717) is 11.1 Å². The summed E-state index contributed by atoms with van der Waals surface area (Å²) in [5.74, 6) is 0.143. The molecule has 2 aliphatic carbocycles. The molecule has 0 spiro atoms. The van der Waals surface area contributed by atoms with Gasteiger partial charge in [0.15, 0.2) is 11.6 Å². The Morgan fingerprint density at radius 1 is 0.762 bits per heavy atom. The molecule has 0 saturated heterocycles. The van der Waals surface area contributed by atoms with Gasteiger partial charge in [-0.25, -0.2) is 8.78 Å². The standard InChI is InChI=1S/C38H43F3O/c1-3-5-6-7-26-8-10-27(11-9-26)28-12-16-30(17-13-28)33-21-20-32(25-35(33)39)29-14-18-31(19-15-29)34-22-23-36(42-24-4-2)38(41)37(34)40/h4,14-16,18-28H,3,5-13,17H2,1-2H3. The van der Waals surface area contributed by atoms with Crippen LogP contribution in [-0.4, -0.2) is 0 Å². The van der Waals surface area contributed by atoms with Crippen LogP contribution in [0.5, 0.6) is 5.75 Å². The SMILES string of the molecule is CC=COc1ccc(-c2ccc(-c3ccc(C4=CCC(C5CCC(CCCCC)CC5)CC4)c(F)c3)cc2)c(F)c1F. The third kappa shape index (κ3) is 7.02. The maximum Gasteiger partial charge on any atom is 0.201 e. The largest absolute Gasteiger partial charge is 0.462 e. The molecule has 2 aliphatic rings. The molecule has 0 heterocycles. The summed E-state index contributed by atoms with van der Waals surface area (Å²) >= 11 is 0. The van der Waals surface area contributed by atoms with Crippen LogP contribution in [0.25, 0.3) is 27.8 Å². The van der Waals surface area contributed by atoms with E-state index in [0.717, 1.165) is 53.7 Å². The fourth-order valence-electron chi connectivity index (χ4n) is 6.94. The summed E-state index contributed by atoms with van der Waals surface area (Å²) in [5.41, 5.74) is 4.09. The van der Waals surface area contributed by atoms with Gasteiger partial charge in [0, 0.05) is 11.1 Å². The van der Waals surface area contributed by atoms with Crippen LogP contribution in [0, 0.1) is 35.2 Å². The van der Waals surface area contributed by atoms with E-state index < -0.39 is 11.6 Å². The summed E-state index contributed by atoms with van der Waals surface area (Å²) in [5, 5.41) is 0. The van der Waals surface area contributed by atoms with E-state index in [9.17, 15) is 8.78 Å². The molecular formula is C38H43F3O. The van der Waals surface area contributed by atoms with Gasteiger partial charge in [-0.1, -0.05) is 94.0 Å². The van der Waals surface area contributed by atoms with Gasteiger partial charge >= 0.3 is 0 Å². The zero-order valence-corrected chi connectivity index (χ0v) is 25.0. The number of hydrogen-bond acceptors (Lipinski definition) is 1. The maximum absolute atomic E-state index is 15.4. The number of benzene rings is 3. The van der Waals surface area contributed by atoms with Gasteiger partial charge < -0.3 is 4.74 Å². The Morgan fingerprint density at radius 2 is 1.48 bits per heavy atom. The molecule has 0 N–H and O–H groups in total. The van der Waals surface area contributed by atoms with E-state index in [1.54, 1.807) is 31.2 Å². The Labute approximate surface area is 249 Å². The lowest BCUT2D eigenvalue weighted by Crippen LogP contribution is -2.23. The number of rotatable bonds is 10. The lowest BCUT2D eigenvalue weighted by Gasteiger charge is -2.35. The van der Waals surface area contributed by atoms with Gasteiger partial charge in [-0.15, -0.1) is 0 Å². The molecule has 0 radical (unpaired) electrons. The van der Waals surface area contributed by atoms with Gasteiger partial charge in [0.1, 0.15) is 5.82 Å². The lowest BCUT2D eigenvalue weighted by atomic mass is 9.70. The predicted molar refractivity (Wildman–Crippen MR) is 168 cm³/mol. The van der Waals surface area contributed by atoms with Crippen LogP contribution in [0.2, 0.25) is 0 Å². The minimum absolute atomic E-state index is 0.149. The number of hydrogen-bond donors (Lipinski definition) is 0. The van der Waals surface area contributed by atoms with Gasteiger partial charge in [0.25, 0.3) is 0 Å². The van der Waals surface area contributed by atoms with Crippen LogP contribution in [0.3, 0.4) is 0 Å². The van der Waals surface area contributed by atoms with Crippen molar-refractivity contribution < 1.29 is 17.9 Å². The molecular weight excluding hydrogens is 529 g/mol. The van der Waals surface area contributed by atoms with Crippen LogP contribution in [0.1, 0.15) is 90.0 Å². The highest BCUT2D eigenvalue weighted by molar-refractivity contribution is 5.74. The van der Waals surface area contributed by atoms with Crippen LogP contribution in [-0.2, 0) is 0 Å². The van der Waals surface area contributed by atoms with E-state index in [-0.39, 0.29) is 17.1 Å². The van der Waals surface area contributed by atoms with Crippen LogP contribution in [0.15, 0.2) is 73.0 Å². The fourth-order valence-corrected chi connectivity index (χ4v) is 6.94. The molecule has 3 aromatic rings. The summed E-state index contributed by atoms with van der Waals surface area (Å²) in [4.78, 5) is 0. The van der Waals surface area contributed by atoms with Crippen LogP contribution >= 0.6 is 0 Å². The van der Waals surface area contributed by atoms with Crippen molar-refractivity contribution in [2.75, 3.05) is 0 Å². The molecule has 1 fully saturated rings. The highest BCUT2D eigenvalue weighted by Gasteiger charge is 2.29. The molecule has 0 bridgehead atoms. The second-order valence-electron chi connectivity index (χ2n) is 12.1. The molecule has 1 unspecified atom stereocenters. The van der Waals surface area contributed by atoms with Crippen LogP contribution in [0.4, 0.5) is 13.2 Å². The first-order valence-electron chi connectivity index (χ1n) is 15.8. The number of unbranched alkanes of at least 4 members (excludes halogenated alkanes) is 2. The van der Waals surface area contributed by atoms with Crippen molar-refractivity contribution in [3.63, 3.8) is 0 Å². The zero-order valence-electron chi connectivity index (χ0n) is 25.0. The molecule has 3 aromatic carbocycles. The van der Waals surface area contributed by atoms with E-state index in [2.05, 4.69) is 13.0 Å². The topological polar surface area (TPSA) is 9.23 Å². The Hall–Kier alpha value is -3.27. The van der Waals surface area contributed by atoms with Gasteiger partial charge in [0.05, 0.1) is 6.26 Å². The van der Waals surface area contributed by atoms with E-state index in [1.807, 2.05) is 24.3 Å². The molecule has 0 aromatic heterocycles. The summed E-state index contributed by atoms with van der Waals surface area (Å²) in [6, 6.07) is 15.4. The van der Waals surface area contributed by atoms with Crippen molar-refractivity contribution in [1.29, 1.82) is 0 Å². The number of allylic oxidation sites excluding steroid dienone is 3. The fraction of sp³-hybridized carbons (Fsp3) is 0.421. The normalized spacial score (nSPS) is 21.0. The highest BCUT2D eigenvalue weighted by Crippen LogP contribution is 2.43. The molecule has 0 aliphatic heterocycles. The third-order valence-electron chi connectivity index (χ3n) is 9.45. The minimum atomic E-state index is -1.03. The average Bonchev–Trinajstić information content (AvgIpc) is 3.02. The monoisotopic (exact) mass is 572 g/mol. The molecule has 1 nitrogen and oxygen atoms in total. The van der Waals surface area contributed by atoms with Gasteiger partial charge in [-0.3, -0.25) is 0 Å². The molecule has 42 heavy (non-hydrogen) atoms. The summed E-state index contributed by atoms with van der Waals surface area (Å²) in [7, 11) is 0. The average molecular weight is 573 g/mol. The maximum atomic E-state index is 15.4. The quantitative estimate of drug-likeness (QED) is 0.173. The molecule has 5 rings (SSSR count). The lowest BCUT2D eigenvalue weighted by molar-refractivity contribution is 0.187. The van der Waals surface area contributed by atoms with Crippen molar-refractivity contribution in [1.82, 2.24) is 0 Å². The van der Waals surface area contributed by atoms with Crippen molar-refractivity contribution >= 4 is 5.57 Å². The number of halogens is 3. The highest BCUT2D eigenvalue weighted by atomic mass is 19.2. The molecule has 1 saturated carbocycles. The van der Waals surface area contributed by atoms with Gasteiger partial charge in [-0.05, 0) is 97.2 Å². The Bertz CT molecular complexity index is 1400. The van der Waals surface area contributed by atoms with Crippen LogP contribution < -0.4 is 4.74 Å². The second-order valence-corrected chi connectivity index (χ2v) is 12.1. The number of ether oxygens (including phenoxy) is 1. The zero-order chi connectivity index (χ0) is 29.5. The van der Waals surface area contributed by atoms with Gasteiger partial charge in [-0.2, -0.15) is 4.39 Å². The predicted octanol–water partition coefficient (Wildman–Crippen LogP) is 11.9. The first kappa shape index (κ1) is 30.2. The smallest absolute Gasteiger partial charge is 0.201 e. The first-order chi connectivity index (χ1) is 20.5. The summed E-state index contributed by atoms with van der Waals surface area (Å²) in [6.45, 7) is 4.01. The Kier molecular flexibility index (Phi) is 10.3. The molecule has 4 heteroatoms. The molecule has 1 atom stereocenters. The Morgan fingerprint density at radius 3 is 2.14 bits per heavy atom. The summed E-state index contributed by atoms with van der Waals surface area (Å²) in [6.07, 6.45) is 19.3. The van der Waals surface area contributed by atoms with Crippen molar-refractivity contribution in [3.05, 3.63) is 96.0 Å². The van der Waals surface area contributed by atoms with E-state index in [1.165, 1.54) is 69.8 Å².